The molecule has 0 aliphatic carbocycles. The van der Waals surface area contributed by atoms with Crippen molar-refractivity contribution in [1.82, 2.24) is 10.2 Å². The molecule has 1 heterocycles. The Morgan fingerprint density at radius 1 is 1.16 bits per heavy atom. The van der Waals surface area contributed by atoms with Crippen LogP contribution >= 0.6 is 0 Å². The van der Waals surface area contributed by atoms with Crippen molar-refractivity contribution in [2.45, 2.75) is 26.1 Å². The summed E-state index contributed by atoms with van der Waals surface area (Å²) in [6.07, 6.45) is 2.10. The molecule has 98 valence electrons. The Hall–Kier alpha value is -1.87. The minimum Gasteiger partial charge on any atom is -0.346 e. The summed E-state index contributed by atoms with van der Waals surface area (Å²) in [7, 11) is 2.06. The predicted molar refractivity (Wildman–Crippen MR) is 80.9 cm³/mol. The molecule has 0 saturated heterocycles. The van der Waals surface area contributed by atoms with Gasteiger partial charge in [0, 0.05) is 24.0 Å². The second-order valence-corrected chi connectivity index (χ2v) is 5.36. The zero-order valence-electron chi connectivity index (χ0n) is 11.6. The summed E-state index contributed by atoms with van der Waals surface area (Å²) >= 11 is 0. The monoisotopic (exact) mass is 253 g/mol. The molecule has 1 unspecified atom stereocenters. The zero-order valence-corrected chi connectivity index (χ0v) is 11.6. The molecule has 3 nitrogen and oxygen atoms in total. The van der Waals surface area contributed by atoms with E-state index in [-0.39, 0.29) is 6.17 Å². The van der Waals surface area contributed by atoms with Crippen LogP contribution in [-0.2, 0) is 0 Å². The summed E-state index contributed by atoms with van der Waals surface area (Å²) in [6, 6.07) is 13.2. The Bertz CT molecular complexity index is 631. The highest BCUT2D eigenvalue weighted by molar-refractivity contribution is 5.96. The molecule has 2 aromatic carbocycles. The lowest BCUT2D eigenvalue weighted by Crippen LogP contribution is -2.40. The van der Waals surface area contributed by atoms with Crippen molar-refractivity contribution in [3.8, 4) is 0 Å². The van der Waals surface area contributed by atoms with Crippen LogP contribution in [0, 0.1) is 0 Å². The lowest BCUT2D eigenvalue weighted by atomic mass is 10.0. The predicted octanol–water partition coefficient (Wildman–Crippen LogP) is 3.44. The molecule has 1 aliphatic rings. The van der Waals surface area contributed by atoms with Crippen LogP contribution < -0.4 is 5.32 Å². The van der Waals surface area contributed by atoms with Crippen LogP contribution in [0.25, 0.3) is 10.8 Å². The normalized spacial score (nSPS) is 18.1. The molecule has 0 radical (unpaired) electrons. The minimum atomic E-state index is 0.192. The number of hydrogen-bond donors (Lipinski definition) is 1. The number of nitrogens with one attached hydrogen (secondary N) is 1. The molecule has 3 rings (SSSR count). The molecule has 0 bridgehead atoms. The van der Waals surface area contributed by atoms with Gasteiger partial charge < -0.3 is 4.90 Å². The number of aliphatic imine (C=N–C) groups is 1. The average molecular weight is 253 g/mol. The quantitative estimate of drug-likeness (QED) is 0.887. The molecule has 0 spiro atoms. The molecular formula is C16H19N3. The maximum atomic E-state index is 4.62. The Morgan fingerprint density at radius 3 is 2.74 bits per heavy atom. The van der Waals surface area contributed by atoms with Crippen molar-refractivity contribution in [2.75, 3.05) is 7.05 Å². The van der Waals surface area contributed by atoms with Gasteiger partial charge in [-0.05, 0) is 19.2 Å². The zero-order chi connectivity index (χ0) is 13.4. The summed E-state index contributed by atoms with van der Waals surface area (Å²) in [6.45, 7) is 4.33. The Balaban J connectivity index is 2.17. The van der Waals surface area contributed by atoms with Gasteiger partial charge in [-0.25, -0.2) is 4.99 Å². The second kappa shape index (κ2) is 4.67. The molecule has 2 aromatic rings. The van der Waals surface area contributed by atoms with Crippen molar-refractivity contribution in [1.29, 1.82) is 0 Å². The van der Waals surface area contributed by atoms with Gasteiger partial charge in [0.05, 0.1) is 12.0 Å². The van der Waals surface area contributed by atoms with E-state index in [0.717, 1.165) is 5.69 Å². The van der Waals surface area contributed by atoms with Crippen LogP contribution in [0.15, 0.2) is 41.4 Å². The van der Waals surface area contributed by atoms with Crippen LogP contribution in [0.3, 0.4) is 0 Å². The van der Waals surface area contributed by atoms with E-state index in [0.29, 0.717) is 6.04 Å². The third kappa shape index (κ3) is 2.10. The first-order valence-electron chi connectivity index (χ1n) is 6.70. The standard InChI is InChI=1S/C16H19N3/c1-11(2)18-16-14-9-8-12-6-4-5-7-13(12)15(14)17-10-19(16)3/h4-11,16,18H,1-3H3. The van der Waals surface area contributed by atoms with Crippen LogP contribution in [0.2, 0.25) is 0 Å². The van der Waals surface area contributed by atoms with Crippen LogP contribution in [-0.4, -0.2) is 24.3 Å². The van der Waals surface area contributed by atoms with E-state index in [1.165, 1.54) is 16.3 Å². The average Bonchev–Trinajstić information content (AvgIpc) is 2.41. The fourth-order valence-corrected chi connectivity index (χ4v) is 2.59. The van der Waals surface area contributed by atoms with Gasteiger partial charge in [0.25, 0.3) is 0 Å². The van der Waals surface area contributed by atoms with Gasteiger partial charge in [0.15, 0.2) is 0 Å². The van der Waals surface area contributed by atoms with E-state index in [9.17, 15) is 0 Å². The van der Waals surface area contributed by atoms with Gasteiger partial charge in [-0.3, -0.25) is 5.32 Å². The number of benzene rings is 2. The van der Waals surface area contributed by atoms with E-state index >= 15 is 0 Å². The molecule has 0 saturated carbocycles. The largest absolute Gasteiger partial charge is 0.346 e. The molecule has 1 aliphatic heterocycles. The number of hydrogen-bond acceptors (Lipinski definition) is 3. The second-order valence-electron chi connectivity index (χ2n) is 5.36. The fourth-order valence-electron chi connectivity index (χ4n) is 2.59. The highest BCUT2D eigenvalue weighted by atomic mass is 15.3. The maximum absolute atomic E-state index is 4.62. The minimum absolute atomic E-state index is 0.192. The van der Waals surface area contributed by atoms with Crippen LogP contribution in [0.4, 0.5) is 5.69 Å². The number of fused-ring (bicyclic) bond motifs is 3. The number of nitrogens with zero attached hydrogens (tertiary/aromatic N) is 2. The van der Waals surface area contributed by atoms with Crippen molar-refractivity contribution < 1.29 is 0 Å². The number of rotatable bonds is 2. The van der Waals surface area contributed by atoms with Gasteiger partial charge in [-0.2, -0.15) is 0 Å². The SMILES string of the molecule is CC(C)NC1c2ccc3ccccc3c2N=CN1C. The topological polar surface area (TPSA) is 27.6 Å². The highest BCUT2D eigenvalue weighted by Crippen LogP contribution is 2.37. The molecular weight excluding hydrogens is 234 g/mol. The molecule has 19 heavy (non-hydrogen) atoms. The fraction of sp³-hybridized carbons (Fsp3) is 0.312. The van der Waals surface area contributed by atoms with E-state index in [1.54, 1.807) is 0 Å². The van der Waals surface area contributed by atoms with Crippen molar-refractivity contribution in [3.05, 3.63) is 42.0 Å². The molecule has 1 atom stereocenters. The van der Waals surface area contributed by atoms with Crippen LogP contribution in [0.5, 0.6) is 0 Å². The molecule has 0 aromatic heterocycles. The van der Waals surface area contributed by atoms with Gasteiger partial charge in [-0.15, -0.1) is 0 Å². The third-order valence-corrected chi connectivity index (χ3v) is 3.49. The summed E-state index contributed by atoms with van der Waals surface area (Å²) in [5, 5.41) is 6.05. The Kier molecular flexibility index (Phi) is 2.99. The summed E-state index contributed by atoms with van der Waals surface area (Å²) in [4.78, 5) is 6.74. The first-order chi connectivity index (χ1) is 9.16. The van der Waals surface area contributed by atoms with Gasteiger partial charge >= 0.3 is 0 Å². The molecule has 0 fully saturated rings. The van der Waals surface area contributed by atoms with Gasteiger partial charge in [0.2, 0.25) is 0 Å². The van der Waals surface area contributed by atoms with Gasteiger partial charge in [-0.1, -0.05) is 36.4 Å². The Morgan fingerprint density at radius 2 is 1.95 bits per heavy atom. The summed E-state index contributed by atoms with van der Waals surface area (Å²) in [5.74, 6) is 0. The smallest absolute Gasteiger partial charge is 0.108 e. The molecule has 0 amide bonds. The Labute approximate surface area is 114 Å². The van der Waals surface area contributed by atoms with E-state index in [1.807, 2.05) is 6.34 Å². The van der Waals surface area contributed by atoms with E-state index < -0.39 is 0 Å². The molecule has 1 N–H and O–H groups in total. The first-order valence-corrected chi connectivity index (χ1v) is 6.70. The maximum Gasteiger partial charge on any atom is 0.108 e. The highest BCUT2D eigenvalue weighted by Gasteiger charge is 2.23. The van der Waals surface area contributed by atoms with Crippen molar-refractivity contribution in [3.63, 3.8) is 0 Å². The van der Waals surface area contributed by atoms with E-state index in [4.69, 9.17) is 0 Å². The summed E-state index contributed by atoms with van der Waals surface area (Å²) < 4.78 is 0. The van der Waals surface area contributed by atoms with Gasteiger partial charge in [0.1, 0.15) is 6.17 Å². The van der Waals surface area contributed by atoms with Crippen molar-refractivity contribution in [2.24, 2.45) is 4.99 Å². The lowest BCUT2D eigenvalue weighted by Gasteiger charge is -2.33. The van der Waals surface area contributed by atoms with Crippen molar-refractivity contribution >= 4 is 22.8 Å². The lowest BCUT2D eigenvalue weighted by molar-refractivity contribution is 0.295. The summed E-state index contributed by atoms with van der Waals surface area (Å²) in [5.41, 5.74) is 2.34. The van der Waals surface area contributed by atoms with Crippen LogP contribution in [0.1, 0.15) is 25.6 Å². The third-order valence-electron chi connectivity index (χ3n) is 3.49. The first kappa shape index (κ1) is 12.2. The van der Waals surface area contributed by atoms with E-state index in [2.05, 4.69) is 72.5 Å². The molecule has 3 heteroatoms.